The van der Waals surface area contributed by atoms with Crippen molar-refractivity contribution in [2.45, 2.75) is 38.3 Å². The van der Waals surface area contributed by atoms with E-state index in [0.717, 1.165) is 19.4 Å². The molecule has 6 heteroatoms. The van der Waals surface area contributed by atoms with Crippen molar-refractivity contribution in [2.75, 3.05) is 11.9 Å². The van der Waals surface area contributed by atoms with Crippen LogP contribution in [0.25, 0.3) is 0 Å². The minimum Gasteiger partial charge on any atom is -0.377 e. The van der Waals surface area contributed by atoms with Crippen molar-refractivity contribution in [2.24, 2.45) is 17.1 Å². The average molecular weight is 276 g/mol. The molecule has 3 unspecified atom stereocenters. The van der Waals surface area contributed by atoms with Crippen molar-refractivity contribution in [1.82, 2.24) is 9.97 Å². The van der Waals surface area contributed by atoms with Crippen molar-refractivity contribution < 1.29 is 9.53 Å². The Morgan fingerprint density at radius 3 is 3.00 bits per heavy atom. The normalized spacial score (nSPS) is 34.8. The van der Waals surface area contributed by atoms with E-state index >= 15 is 0 Å². The highest BCUT2D eigenvalue weighted by Crippen LogP contribution is 2.57. The second-order valence-electron chi connectivity index (χ2n) is 6.18. The van der Waals surface area contributed by atoms with Crippen LogP contribution in [-0.4, -0.2) is 34.1 Å². The molecule has 20 heavy (non-hydrogen) atoms. The summed E-state index contributed by atoms with van der Waals surface area (Å²) in [5.74, 6) is 0.302. The summed E-state index contributed by atoms with van der Waals surface area (Å²) in [4.78, 5) is 20.6. The number of nitrogens with one attached hydrogen (secondary N) is 1. The van der Waals surface area contributed by atoms with Crippen LogP contribution in [0.4, 0.5) is 5.82 Å². The Morgan fingerprint density at radius 1 is 1.50 bits per heavy atom. The molecule has 1 aromatic heterocycles. The van der Waals surface area contributed by atoms with Crippen molar-refractivity contribution in [3.05, 3.63) is 18.6 Å². The summed E-state index contributed by atoms with van der Waals surface area (Å²) in [6.07, 6.45) is 6.56. The summed E-state index contributed by atoms with van der Waals surface area (Å²) < 4.78 is 5.80. The van der Waals surface area contributed by atoms with Gasteiger partial charge in [0.2, 0.25) is 5.91 Å². The van der Waals surface area contributed by atoms with Crippen molar-refractivity contribution in [3.63, 3.8) is 0 Å². The summed E-state index contributed by atoms with van der Waals surface area (Å²) in [6, 6.07) is 0. The first kappa shape index (κ1) is 13.5. The topological polar surface area (TPSA) is 90.1 Å². The van der Waals surface area contributed by atoms with E-state index in [2.05, 4.69) is 15.3 Å². The number of fused-ring (bicyclic) bond motifs is 1. The fourth-order valence-electron chi connectivity index (χ4n) is 3.62. The lowest BCUT2D eigenvalue weighted by Gasteiger charge is -2.65. The Morgan fingerprint density at radius 2 is 2.30 bits per heavy atom. The number of nitrogens with two attached hydrogens (primary N) is 1. The molecule has 3 N–H and O–H groups in total. The van der Waals surface area contributed by atoms with Gasteiger partial charge in [0.1, 0.15) is 5.54 Å². The number of amides is 1. The van der Waals surface area contributed by atoms with Gasteiger partial charge in [-0.2, -0.15) is 0 Å². The minimum absolute atomic E-state index is 0.0638. The molecule has 1 saturated carbocycles. The fourth-order valence-corrected chi connectivity index (χ4v) is 3.62. The van der Waals surface area contributed by atoms with E-state index in [9.17, 15) is 4.79 Å². The SMILES string of the molecule is CC1(C)C2OCCCC2C1(N)C(=O)Nc1cnccn1. The van der Waals surface area contributed by atoms with Gasteiger partial charge in [0.15, 0.2) is 5.82 Å². The third-order valence-corrected chi connectivity index (χ3v) is 4.87. The van der Waals surface area contributed by atoms with Crippen LogP contribution in [0.3, 0.4) is 0 Å². The average Bonchev–Trinajstić information content (AvgIpc) is 2.47. The van der Waals surface area contributed by atoms with Gasteiger partial charge in [0.05, 0.1) is 12.3 Å². The molecule has 2 aliphatic rings. The number of carbonyl (C=O) groups excluding carboxylic acids is 1. The van der Waals surface area contributed by atoms with E-state index in [1.165, 1.54) is 12.4 Å². The summed E-state index contributed by atoms with van der Waals surface area (Å²) in [6.45, 7) is 4.75. The third kappa shape index (κ3) is 1.68. The summed E-state index contributed by atoms with van der Waals surface area (Å²) in [5, 5.41) is 2.78. The molecule has 0 bridgehead atoms. The molecular formula is C14H20N4O2. The Bertz CT molecular complexity index is 519. The highest BCUT2D eigenvalue weighted by Gasteiger charge is 2.70. The summed E-state index contributed by atoms with van der Waals surface area (Å²) in [5.41, 5.74) is 5.18. The van der Waals surface area contributed by atoms with Gasteiger partial charge in [0.25, 0.3) is 0 Å². The molecule has 2 fully saturated rings. The predicted molar refractivity (Wildman–Crippen MR) is 73.8 cm³/mol. The number of anilines is 1. The van der Waals surface area contributed by atoms with E-state index in [-0.39, 0.29) is 23.3 Å². The molecular weight excluding hydrogens is 256 g/mol. The van der Waals surface area contributed by atoms with Gasteiger partial charge in [-0.05, 0) is 12.8 Å². The van der Waals surface area contributed by atoms with Gasteiger partial charge in [-0.25, -0.2) is 4.98 Å². The number of rotatable bonds is 2. The second-order valence-corrected chi connectivity index (χ2v) is 6.18. The second kappa shape index (κ2) is 4.49. The molecule has 1 aliphatic carbocycles. The Labute approximate surface area is 118 Å². The highest BCUT2D eigenvalue weighted by atomic mass is 16.5. The van der Waals surface area contributed by atoms with Crippen LogP contribution in [0, 0.1) is 11.3 Å². The Balaban J connectivity index is 1.82. The molecule has 1 saturated heterocycles. The van der Waals surface area contributed by atoms with E-state index in [1.54, 1.807) is 6.20 Å². The molecule has 0 radical (unpaired) electrons. The molecule has 1 amide bonds. The molecule has 108 valence electrons. The molecule has 0 spiro atoms. The van der Waals surface area contributed by atoms with Crippen LogP contribution < -0.4 is 11.1 Å². The number of hydrogen-bond donors (Lipinski definition) is 2. The van der Waals surface area contributed by atoms with Gasteiger partial charge in [-0.3, -0.25) is 9.78 Å². The van der Waals surface area contributed by atoms with Crippen molar-refractivity contribution in [1.29, 1.82) is 0 Å². The lowest BCUT2D eigenvalue weighted by Crippen LogP contribution is -2.81. The number of carbonyl (C=O) groups is 1. The van der Waals surface area contributed by atoms with Gasteiger partial charge < -0.3 is 15.8 Å². The number of nitrogens with zero attached hydrogens (tertiary/aromatic N) is 2. The number of hydrogen-bond acceptors (Lipinski definition) is 5. The molecule has 1 aromatic rings. The lowest BCUT2D eigenvalue weighted by atomic mass is 9.46. The maximum absolute atomic E-state index is 12.6. The van der Waals surface area contributed by atoms with E-state index < -0.39 is 5.54 Å². The maximum atomic E-state index is 12.6. The first-order chi connectivity index (χ1) is 9.48. The van der Waals surface area contributed by atoms with Gasteiger partial charge in [0, 0.05) is 30.3 Å². The zero-order valence-electron chi connectivity index (χ0n) is 11.8. The number of aromatic nitrogens is 2. The van der Waals surface area contributed by atoms with Crippen LogP contribution in [-0.2, 0) is 9.53 Å². The van der Waals surface area contributed by atoms with Gasteiger partial charge in [-0.1, -0.05) is 13.8 Å². The fraction of sp³-hybridized carbons (Fsp3) is 0.643. The monoisotopic (exact) mass is 276 g/mol. The quantitative estimate of drug-likeness (QED) is 0.839. The predicted octanol–water partition coefficient (Wildman–Crippen LogP) is 0.948. The maximum Gasteiger partial charge on any atom is 0.246 e. The summed E-state index contributed by atoms with van der Waals surface area (Å²) >= 11 is 0. The van der Waals surface area contributed by atoms with Gasteiger partial charge >= 0.3 is 0 Å². The van der Waals surface area contributed by atoms with Gasteiger partial charge in [-0.15, -0.1) is 0 Å². The zero-order chi connectivity index (χ0) is 14.4. The lowest BCUT2D eigenvalue weighted by molar-refractivity contribution is -0.222. The van der Waals surface area contributed by atoms with E-state index in [4.69, 9.17) is 10.5 Å². The largest absolute Gasteiger partial charge is 0.377 e. The van der Waals surface area contributed by atoms with E-state index in [0.29, 0.717) is 5.82 Å². The molecule has 3 atom stereocenters. The highest BCUT2D eigenvalue weighted by molar-refractivity contribution is 5.99. The Kier molecular flexibility index (Phi) is 3.02. The molecule has 0 aromatic carbocycles. The standard InChI is InChI=1S/C14H20N4O2/c1-13(2)11-9(4-3-7-20-11)14(13,15)12(19)18-10-8-16-5-6-17-10/h5-6,8-9,11H,3-4,7,15H2,1-2H3,(H,17,18,19). The van der Waals surface area contributed by atoms with Crippen LogP contribution in [0.15, 0.2) is 18.6 Å². The first-order valence-electron chi connectivity index (χ1n) is 6.96. The first-order valence-corrected chi connectivity index (χ1v) is 6.96. The van der Waals surface area contributed by atoms with Crippen LogP contribution >= 0.6 is 0 Å². The molecule has 1 aliphatic heterocycles. The smallest absolute Gasteiger partial charge is 0.246 e. The minimum atomic E-state index is -0.921. The van der Waals surface area contributed by atoms with Crippen LogP contribution in [0.5, 0.6) is 0 Å². The third-order valence-electron chi connectivity index (χ3n) is 4.87. The molecule has 2 heterocycles. The molecule has 6 nitrogen and oxygen atoms in total. The number of ether oxygens (including phenoxy) is 1. The van der Waals surface area contributed by atoms with Crippen LogP contribution in [0.1, 0.15) is 26.7 Å². The van der Waals surface area contributed by atoms with Crippen molar-refractivity contribution >= 4 is 11.7 Å². The summed E-state index contributed by atoms with van der Waals surface area (Å²) in [7, 11) is 0. The van der Waals surface area contributed by atoms with Crippen molar-refractivity contribution in [3.8, 4) is 0 Å². The Hall–Kier alpha value is -1.53. The molecule has 3 rings (SSSR count). The van der Waals surface area contributed by atoms with E-state index in [1.807, 2.05) is 13.8 Å². The zero-order valence-corrected chi connectivity index (χ0v) is 11.8. The van der Waals surface area contributed by atoms with Crippen LogP contribution in [0.2, 0.25) is 0 Å².